The lowest BCUT2D eigenvalue weighted by atomic mass is 10.2. The summed E-state index contributed by atoms with van der Waals surface area (Å²) in [5, 5.41) is -0.115. The number of carbonyl (C=O) groups excluding carboxylic acids is 1. The van der Waals surface area contributed by atoms with Crippen molar-refractivity contribution in [3.8, 4) is 0 Å². The Kier molecular flexibility index (Phi) is 4.48. The van der Waals surface area contributed by atoms with Gasteiger partial charge < -0.3 is 4.90 Å². The normalized spacial score (nSPS) is 14.7. The van der Waals surface area contributed by atoms with Gasteiger partial charge in [-0.2, -0.15) is 0 Å². The van der Waals surface area contributed by atoms with Crippen molar-refractivity contribution in [3.05, 3.63) is 65.5 Å². The SMILES string of the molecule is C[C@@H](SCc1ccc(F)cc1)C(=O)N1CCc2ccccc21. The number of rotatable bonds is 4. The van der Waals surface area contributed by atoms with E-state index in [1.165, 1.54) is 17.7 Å². The first kappa shape index (κ1) is 15.1. The van der Waals surface area contributed by atoms with Crippen LogP contribution in [0.15, 0.2) is 48.5 Å². The van der Waals surface area contributed by atoms with E-state index in [1.54, 1.807) is 23.9 Å². The van der Waals surface area contributed by atoms with Gasteiger partial charge in [0, 0.05) is 18.0 Å². The van der Waals surface area contributed by atoms with Gasteiger partial charge in [-0.3, -0.25) is 4.79 Å². The van der Waals surface area contributed by atoms with E-state index in [-0.39, 0.29) is 17.0 Å². The predicted molar refractivity (Wildman–Crippen MR) is 89.7 cm³/mol. The van der Waals surface area contributed by atoms with E-state index in [9.17, 15) is 9.18 Å². The molecule has 0 radical (unpaired) electrons. The first-order valence-electron chi connectivity index (χ1n) is 7.40. The number of thioether (sulfide) groups is 1. The Labute approximate surface area is 134 Å². The summed E-state index contributed by atoms with van der Waals surface area (Å²) in [4.78, 5) is 14.5. The van der Waals surface area contributed by atoms with Crippen LogP contribution in [0.1, 0.15) is 18.1 Å². The molecule has 4 heteroatoms. The molecule has 3 rings (SSSR count). The number of anilines is 1. The summed E-state index contributed by atoms with van der Waals surface area (Å²) in [6.45, 7) is 2.71. The number of hydrogen-bond acceptors (Lipinski definition) is 2. The molecule has 1 aliphatic heterocycles. The topological polar surface area (TPSA) is 20.3 Å². The van der Waals surface area contributed by atoms with Crippen LogP contribution in [-0.2, 0) is 17.0 Å². The second-order valence-corrected chi connectivity index (χ2v) is 6.78. The van der Waals surface area contributed by atoms with Gasteiger partial charge in [-0.15, -0.1) is 11.8 Å². The maximum Gasteiger partial charge on any atom is 0.239 e. The monoisotopic (exact) mass is 315 g/mol. The fraction of sp³-hybridized carbons (Fsp3) is 0.278. The molecule has 0 N–H and O–H groups in total. The minimum Gasteiger partial charge on any atom is -0.311 e. The van der Waals surface area contributed by atoms with Gasteiger partial charge >= 0.3 is 0 Å². The second kappa shape index (κ2) is 6.53. The lowest BCUT2D eigenvalue weighted by Crippen LogP contribution is -2.35. The average Bonchev–Trinajstić information content (AvgIpc) is 2.97. The highest BCUT2D eigenvalue weighted by molar-refractivity contribution is 7.99. The maximum atomic E-state index is 12.9. The molecule has 0 saturated heterocycles. The summed E-state index contributed by atoms with van der Waals surface area (Å²) in [5.74, 6) is 0.631. The van der Waals surface area contributed by atoms with Crippen LogP contribution in [0, 0.1) is 5.82 Å². The van der Waals surface area contributed by atoms with Crippen LogP contribution >= 0.6 is 11.8 Å². The highest BCUT2D eigenvalue weighted by Crippen LogP contribution is 2.30. The van der Waals surface area contributed by atoms with Crippen molar-refractivity contribution in [2.75, 3.05) is 11.4 Å². The van der Waals surface area contributed by atoms with Gasteiger partial charge in [0.25, 0.3) is 0 Å². The Morgan fingerprint density at radius 1 is 1.23 bits per heavy atom. The summed E-state index contributed by atoms with van der Waals surface area (Å²) in [7, 11) is 0. The number of amides is 1. The van der Waals surface area contributed by atoms with E-state index < -0.39 is 0 Å². The van der Waals surface area contributed by atoms with Crippen molar-refractivity contribution in [1.29, 1.82) is 0 Å². The summed E-state index contributed by atoms with van der Waals surface area (Å²) < 4.78 is 12.9. The molecular formula is C18H18FNOS. The van der Waals surface area contributed by atoms with Crippen molar-refractivity contribution in [2.24, 2.45) is 0 Å². The maximum absolute atomic E-state index is 12.9. The third-order valence-electron chi connectivity index (χ3n) is 3.91. The van der Waals surface area contributed by atoms with E-state index in [0.29, 0.717) is 5.75 Å². The molecule has 1 heterocycles. The van der Waals surface area contributed by atoms with Crippen LogP contribution in [0.25, 0.3) is 0 Å². The van der Waals surface area contributed by atoms with Crippen LogP contribution in [0.2, 0.25) is 0 Å². The van der Waals surface area contributed by atoms with Gasteiger partial charge in [0.15, 0.2) is 0 Å². The lowest BCUT2D eigenvalue weighted by molar-refractivity contribution is -0.117. The predicted octanol–water partition coefficient (Wildman–Crippen LogP) is 4.04. The Morgan fingerprint density at radius 2 is 1.95 bits per heavy atom. The summed E-state index contributed by atoms with van der Waals surface area (Å²) >= 11 is 1.59. The van der Waals surface area contributed by atoms with Crippen LogP contribution in [-0.4, -0.2) is 17.7 Å². The third kappa shape index (κ3) is 3.17. The first-order chi connectivity index (χ1) is 10.6. The molecule has 0 fully saturated rings. The minimum atomic E-state index is -0.230. The standard InChI is InChI=1S/C18H18FNOS/c1-13(22-12-14-6-8-16(19)9-7-14)18(21)20-11-10-15-4-2-3-5-17(15)20/h2-9,13H,10-12H2,1H3/t13-/m1/s1. The van der Waals surface area contributed by atoms with E-state index in [4.69, 9.17) is 0 Å². The highest BCUT2D eigenvalue weighted by atomic mass is 32.2. The van der Waals surface area contributed by atoms with Gasteiger partial charge in [-0.25, -0.2) is 4.39 Å². The number of halogens is 1. The molecule has 1 amide bonds. The van der Waals surface area contributed by atoms with Gasteiger partial charge in [-0.05, 0) is 42.7 Å². The molecule has 0 aliphatic carbocycles. The second-order valence-electron chi connectivity index (χ2n) is 5.45. The molecular weight excluding hydrogens is 297 g/mol. The van der Waals surface area contributed by atoms with Gasteiger partial charge in [0.05, 0.1) is 5.25 Å². The number of para-hydroxylation sites is 1. The van der Waals surface area contributed by atoms with Crippen LogP contribution < -0.4 is 4.90 Å². The average molecular weight is 315 g/mol. The first-order valence-corrected chi connectivity index (χ1v) is 8.45. The molecule has 22 heavy (non-hydrogen) atoms. The van der Waals surface area contributed by atoms with Crippen molar-refractivity contribution < 1.29 is 9.18 Å². The lowest BCUT2D eigenvalue weighted by Gasteiger charge is -2.21. The van der Waals surface area contributed by atoms with Crippen LogP contribution in [0.3, 0.4) is 0 Å². The van der Waals surface area contributed by atoms with Gasteiger partial charge in [0.2, 0.25) is 5.91 Å². The fourth-order valence-corrected chi connectivity index (χ4v) is 3.56. The van der Waals surface area contributed by atoms with Crippen molar-refractivity contribution in [2.45, 2.75) is 24.3 Å². The third-order valence-corrected chi connectivity index (χ3v) is 5.12. The zero-order valence-electron chi connectivity index (χ0n) is 12.5. The van der Waals surface area contributed by atoms with Crippen LogP contribution in [0.4, 0.5) is 10.1 Å². The molecule has 1 aliphatic rings. The Balaban J connectivity index is 1.62. The zero-order chi connectivity index (χ0) is 15.5. The highest BCUT2D eigenvalue weighted by Gasteiger charge is 2.27. The number of benzene rings is 2. The molecule has 0 aromatic heterocycles. The molecule has 0 saturated carbocycles. The van der Waals surface area contributed by atoms with E-state index in [1.807, 2.05) is 30.0 Å². The number of fused-ring (bicyclic) bond motifs is 1. The molecule has 114 valence electrons. The summed E-state index contributed by atoms with van der Waals surface area (Å²) in [6, 6.07) is 14.5. The van der Waals surface area contributed by atoms with Crippen LogP contribution in [0.5, 0.6) is 0 Å². The number of carbonyl (C=O) groups is 1. The largest absolute Gasteiger partial charge is 0.311 e. The molecule has 2 aromatic rings. The number of nitrogens with zero attached hydrogens (tertiary/aromatic N) is 1. The summed E-state index contributed by atoms with van der Waals surface area (Å²) in [5.41, 5.74) is 3.32. The Bertz CT molecular complexity index is 671. The van der Waals surface area contributed by atoms with Gasteiger partial charge in [-0.1, -0.05) is 30.3 Å². The van der Waals surface area contributed by atoms with Crippen molar-refractivity contribution in [3.63, 3.8) is 0 Å². The Hall–Kier alpha value is -1.81. The summed E-state index contributed by atoms with van der Waals surface area (Å²) in [6.07, 6.45) is 0.928. The van der Waals surface area contributed by atoms with Crippen molar-refractivity contribution >= 4 is 23.4 Å². The molecule has 2 aromatic carbocycles. The smallest absolute Gasteiger partial charge is 0.239 e. The zero-order valence-corrected chi connectivity index (χ0v) is 13.3. The van der Waals surface area contributed by atoms with Crippen molar-refractivity contribution in [1.82, 2.24) is 0 Å². The van der Waals surface area contributed by atoms with E-state index in [2.05, 4.69) is 6.07 Å². The molecule has 0 bridgehead atoms. The quantitative estimate of drug-likeness (QED) is 0.849. The molecule has 0 spiro atoms. The molecule has 1 atom stereocenters. The molecule has 0 unspecified atom stereocenters. The van der Waals surface area contributed by atoms with E-state index >= 15 is 0 Å². The fourth-order valence-electron chi connectivity index (χ4n) is 2.66. The minimum absolute atomic E-state index is 0.115. The van der Waals surface area contributed by atoms with E-state index in [0.717, 1.165) is 24.2 Å². The van der Waals surface area contributed by atoms with Gasteiger partial charge in [0.1, 0.15) is 5.82 Å². The molecule has 2 nitrogen and oxygen atoms in total. The Morgan fingerprint density at radius 3 is 2.73 bits per heavy atom. The number of hydrogen-bond donors (Lipinski definition) is 0.